The summed E-state index contributed by atoms with van der Waals surface area (Å²) in [6, 6.07) is 15.5. The van der Waals surface area contributed by atoms with Gasteiger partial charge in [0.1, 0.15) is 13.2 Å². The van der Waals surface area contributed by atoms with E-state index in [4.69, 9.17) is 21.1 Å². The van der Waals surface area contributed by atoms with Gasteiger partial charge in [0.25, 0.3) is 0 Å². The van der Waals surface area contributed by atoms with Gasteiger partial charge in [-0.3, -0.25) is 4.90 Å². The zero-order valence-electron chi connectivity index (χ0n) is 29.8. The second kappa shape index (κ2) is 18.2. The Hall–Kier alpha value is -3.53. The maximum Gasteiger partial charge on any atom is 0.340 e. The molecule has 11 nitrogen and oxygen atoms in total. The number of sulfone groups is 2. The largest absolute Gasteiger partial charge is 0.461 e. The summed E-state index contributed by atoms with van der Waals surface area (Å²) in [4.78, 5) is 32.8. The molecule has 1 aromatic heterocycles. The lowest BCUT2D eigenvalue weighted by atomic mass is 9.93. The molecule has 53 heavy (non-hydrogen) atoms. The van der Waals surface area contributed by atoms with Crippen LogP contribution in [0.25, 0.3) is 10.1 Å². The standard InChI is InChI=1S/C38H45ClN2O9S3/c1-52(45,46)20-18-49-37(43)31-22-28(8-7-17-42)23-33(29-13-11-27(12-14-29)24-40-15-5-6-16-40)41(25-32(31)38(44)50-19-21-53(2,47)48)26-35-36(39)30-9-3-4-10-34(30)51-35/h3-4,9-14,22-23,25,33,42H,5-8,15-21,24,26H2,1-2H3. The van der Waals surface area contributed by atoms with Gasteiger partial charge in [0.05, 0.1) is 40.3 Å². The number of esters is 2. The van der Waals surface area contributed by atoms with Gasteiger partial charge in [0.2, 0.25) is 0 Å². The second-order valence-electron chi connectivity index (χ2n) is 13.4. The molecule has 0 saturated carbocycles. The van der Waals surface area contributed by atoms with Crippen molar-refractivity contribution in [2.45, 2.75) is 44.8 Å². The van der Waals surface area contributed by atoms with Crippen molar-refractivity contribution in [3.05, 3.63) is 105 Å². The van der Waals surface area contributed by atoms with Gasteiger partial charge in [-0.15, -0.1) is 11.3 Å². The van der Waals surface area contributed by atoms with E-state index in [9.17, 15) is 31.5 Å². The highest BCUT2D eigenvalue weighted by Crippen LogP contribution is 2.39. The fourth-order valence-electron chi connectivity index (χ4n) is 6.21. The van der Waals surface area contributed by atoms with Gasteiger partial charge < -0.3 is 19.5 Å². The quantitative estimate of drug-likeness (QED) is 0.186. The fourth-order valence-corrected chi connectivity index (χ4v) is 8.48. The van der Waals surface area contributed by atoms with Crippen molar-refractivity contribution in [2.24, 2.45) is 0 Å². The highest BCUT2D eigenvalue weighted by Gasteiger charge is 2.30. The molecule has 0 spiro atoms. The minimum atomic E-state index is -3.48. The van der Waals surface area contributed by atoms with E-state index in [1.165, 1.54) is 36.5 Å². The summed E-state index contributed by atoms with van der Waals surface area (Å²) in [6.07, 6.45) is 10.1. The molecule has 1 N–H and O–H groups in total. The molecule has 1 saturated heterocycles. The first-order chi connectivity index (χ1) is 25.2. The molecule has 0 bridgehead atoms. The Labute approximate surface area is 320 Å². The van der Waals surface area contributed by atoms with Gasteiger partial charge in [0.15, 0.2) is 19.7 Å². The topological polar surface area (TPSA) is 148 Å². The molecule has 2 aromatic carbocycles. The number of aliphatic hydroxyl groups excluding tert-OH is 1. The van der Waals surface area contributed by atoms with E-state index < -0.39 is 62.4 Å². The van der Waals surface area contributed by atoms with Gasteiger partial charge in [-0.05, 0) is 67.6 Å². The molecular formula is C38H45ClN2O9S3. The summed E-state index contributed by atoms with van der Waals surface area (Å²) in [5.74, 6) is -2.78. The lowest BCUT2D eigenvalue weighted by Gasteiger charge is -2.32. The number of hydrogen-bond acceptors (Lipinski definition) is 12. The number of carbonyl (C=O) groups is 2. The number of thiophene rings is 1. The molecular weight excluding hydrogens is 760 g/mol. The maximum atomic E-state index is 13.9. The van der Waals surface area contributed by atoms with Gasteiger partial charge in [-0.2, -0.15) is 0 Å². The van der Waals surface area contributed by atoms with Crippen molar-refractivity contribution in [3.8, 4) is 0 Å². The van der Waals surface area contributed by atoms with Crippen LogP contribution < -0.4 is 0 Å². The minimum Gasteiger partial charge on any atom is -0.461 e. The van der Waals surface area contributed by atoms with Crippen molar-refractivity contribution in [3.63, 3.8) is 0 Å². The normalized spacial score (nSPS) is 17.2. The molecule has 0 amide bonds. The van der Waals surface area contributed by atoms with Crippen LogP contribution in [0.5, 0.6) is 0 Å². The van der Waals surface area contributed by atoms with Crippen molar-refractivity contribution >= 4 is 64.6 Å². The number of allylic oxidation sites excluding steroid dienone is 2. The Bertz CT molecular complexity index is 2100. The van der Waals surface area contributed by atoms with Crippen molar-refractivity contribution < 1.29 is 41.0 Å². The Morgan fingerprint density at radius 3 is 2.11 bits per heavy atom. The monoisotopic (exact) mass is 804 g/mol. The van der Waals surface area contributed by atoms with Crippen LogP contribution in [0.4, 0.5) is 0 Å². The van der Waals surface area contributed by atoms with E-state index in [0.29, 0.717) is 23.4 Å². The number of halogens is 1. The molecule has 5 rings (SSSR count). The van der Waals surface area contributed by atoms with Crippen LogP contribution in [0.3, 0.4) is 0 Å². The molecule has 15 heteroatoms. The molecule has 3 aromatic rings. The van der Waals surface area contributed by atoms with Crippen LogP contribution in [0.15, 0.2) is 83.6 Å². The average Bonchev–Trinajstić information content (AvgIpc) is 3.72. The van der Waals surface area contributed by atoms with Gasteiger partial charge in [-0.1, -0.05) is 60.1 Å². The van der Waals surface area contributed by atoms with Crippen LogP contribution in [0.1, 0.15) is 47.7 Å². The first-order valence-corrected chi connectivity index (χ1v) is 22.7. The van der Waals surface area contributed by atoms with Crippen molar-refractivity contribution in [1.82, 2.24) is 9.80 Å². The SMILES string of the molecule is CS(=O)(=O)CCOC(=O)C1=CC(CCCO)=CC(c2ccc(CN3CCCC3)cc2)N(Cc2sc3ccccc3c2Cl)C=C1C(=O)OCCS(C)(=O)=O. The molecule has 1 unspecified atom stereocenters. The number of aliphatic hydroxyl groups is 1. The molecule has 1 atom stereocenters. The third-order valence-electron chi connectivity index (χ3n) is 8.94. The number of ether oxygens (including phenoxy) is 2. The predicted molar refractivity (Wildman–Crippen MR) is 208 cm³/mol. The van der Waals surface area contributed by atoms with Crippen molar-refractivity contribution in [2.75, 3.05) is 56.9 Å². The number of benzene rings is 2. The zero-order valence-corrected chi connectivity index (χ0v) is 33.0. The van der Waals surface area contributed by atoms with Crippen molar-refractivity contribution in [1.29, 1.82) is 0 Å². The summed E-state index contributed by atoms with van der Waals surface area (Å²) in [6.45, 7) is 2.12. The smallest absolute Gasteiger partial charge is 0.340 e. The summed E-state index contributed by atoms with van der Waals surface area (Å²) >= 11 is 8.46. The summed E-state index contributed by atoms with van der Waals surface area (Å²) < 4.78 is 59.3. The predicted octanol–water partition coefficient (Wildman–Crippen LogP) is 5.39. The Morgan fingerprint density at radius 2 is 1.51 bits per heavy atom. The molecule has 3 heterocycles. The van der Waals surface area contributed by atoms with E-state index >= 15 is 0 Å². The number of fused-ring (bicyclic) bond motifs is 1. The number of hydrogen-bond donors (Lipinski definition) is 1. The summed E-state index contributed by atoms with van der Waals surface area (Å²) in [7, 11) is -6.95. The minimum absolute atomic E-state index is 0.132. The summed E-state index contributed by atoms with van der Waals surface area (Å²) in [5.41, 5.74) is 2.27. The number of likely N-dealkylation sites (tertiary alicyclic amines) is 1. The molecule has 2 aliphatic rings. The highest BCUT2D eigenvalue weighted by molar-refractivity contribution is 7.90. The first-order valence-electron chi connectivity index (χ1n) is 17.4. The average molecular weight is 805 g/mol. The lowest BCUT2D eigenvalue weighted by Crippen LogP contribution is -2.28. The number of carbonyl (C=O) groups excluding carboxylic acids is 2. The third kappa shape index (κ3) is 11.7. The zero-order chi connectivity index (χ0) is 38.2. The van der Waals surface area contributed by atoms with E-state index in [2.05, 4.69) is 17.0 Å². The molecule has 2 aliphatic heterocycles. The molecule has 0 aliphatic carbocycles. The molecule has 1 fully saturated rings. The van der Waals surface area contributed by atoms with Gasteiger partial charge >= 0.3 is 11.9 Å². The number of nitrogens with zero attached hydrogens (tertiary/aromatic N) is 2. The van der Waals surface area contributed by atoms with Crippen LogP contribution in [-0.2, 0) is 51.8 Å². The van der Waals surface area contributed by atoms with Crippen LogP contribution >= 0.6 is 22.9 Å². The van der Waals surface area contributed by atoms with Crippen LogP contribution in [0.2, 0.25) is 5.02 Å². The van der Waals surface area contributed by atoms with Crippen LogP contribution in [-0.4, -0.2) is 101 Å². The van der Waals surface area contributed by atoms with E-state index in [0.717, 1.165) is 58.2 Å². The van der Waals surface area contributed by atoms with E-state index in [-0.39, 0.29) is 24.3 Å². The van der Waals surface area contributed by atoms with E-state index in [1.54, 1.807) is 0 Å². The maximum absolute atomic E-state index is 13.9. The first kappa shape index (κ1) is 40.7. The Balaban J connectivity index is 1.64. The summed E-state index contributed by atoms with van der Waals surface area (Å²) in [5, 5.41) is 11.2. The van der Waals surface area contributed by atoms with Gasteiger partial charge in [0, 0.05) is 46.8 Å². The number of rotatable bonds is 16. The van der Waals surface area contributed by atoms with Crippen LogP contribution in [0, 0.1) is 0 Å². The third-order valence-corrected chi connectivity index (χ3v) is 12.5. The second-order valence-corrected chi connectivity index (χ2v) is 19.4. The molecule has 286 valence electrons. The lowest BCUT2D eigenvalue weighted by molar-refractivity contribution is -0.142. The fraction of sp³-hybridized carbons (Fsp3) is 0.421. The Kier molecular flexibility index (Phi) is 14.0. The van der Waals surface area contributed by atoms with Gasteiger partial charge in [-0.25, -0.2) is 26.4 Å². The highest BCUT2D eigenvalue weighted by atomic mass is 35.5. The Morgan fingerprint density at radius 1 is 0.887 bits per heavy atom. The van der Waals surface area contributed by atoms with E-state index in [1.807, 2.05) is 47.4 Å². The molecule has 0 radical (unpaired) electrons.